The lowest BCUT2D eigenvalue weighted by molar-refractivity contribution is -0.136. The summed E-state index contributed by atoms with van der Waals surface area (Å²) in [6.07, 6.45) is 1.63. The third kappa shape index (κ3) is 4.06. The Balaban J connectivity index is 1.86. The minimum Gasteiger partial charge on any atom is -0.493 e. The minimum absolute atomic E-state index is 0.232. The van der Waals surface area contributed by atoms with Gasteiger partial charge in [-0.15, -0.1) is 0 Å². The number of benzene rings is 2. The number of ether oxygens (including phenoxy) is 3. The standard InChI is InChI=1S/C22H21NO5/c1-14-20(22(25)27-3)17(21(24)23-14)11-16-9-10-18(19(12-16)26-2)28-13-15-7-5-4-6-8-15/h4-12H,13H2,1-3H3,(H,23,24)/b17-11-. The van der Waals surface area contributed by atoms with E-state index < -0.39 is 5.97 Å². The van der Waals surface area contributed by atoms with Crippen LogP contribution in [0, 0.1) is 0 Å². The summed E-state index contributed by atoms with van der Waals surface area (Å²) in [6, 6.07) is 15.1. The van der Waals surface area contributed by atoms with Gasteiger partial charge >= 0.3 is 5.97 Å². The molecule has 1 amide bonds. The van der Waals surface area contributed by atoms with Gasteiger partial charge in [-0.2, -0.15) is 0 Å². The number of allylic oxidation sites excluding steroid dienone is 1. The van der Waals surface area contributed by atoms with E-state index in [2.05, 4.69) is 5.32 Å². The van der Waals surface area contributed by atoms with Crippen LogP contribution in [-0.4, -0.2) is 26.1 Å². The third-order valence-corrected chi connectivity index (χ3v) is 4.32. The van der Waals surface area contributed by atoms with Crippen LogP contribution in [0.25, 0.3) is 6.08 Å². The van der Waals surface area contributed by atoms with Gasteiger partial charge in [0.25, 0.3) is 5.91 Å². The van der Waals surface area contributed by atoms with Gasteiger partial charge in [0, 0.05) is 5.70 Å². The van der Waals surface area contributed by atoms with Gasteiger partial charge in [-0.3, -0.25) is 4.79 Å². The van der Waals surface area contributed by atoms with Crippen molar-refractivity contribution < 1.29 is 23.8 Å². The molecule has 1 N–H and O–H groups in total. The Morgan fingerprint density at radius 1 is 1.07 bits per heavy atom. The van der Waals surface area contributed by atoms with Crippen molar-refractivity contribution >= 4 is 18.0 Å². The lowest BCUT2D eigenvalue weighted by Gasteiger charge is -2.12. The van der Waals surface area contributed by atoms with Crippen LogP contribution in [0.2, 0.25) is 0 Å². The van der Waals surface area contributed by atoms with Crippen LogP contribution in [0.4, 0.5) is 0 Å². The Hall–Kier alpha value is -3.54. The van der Waals surface area contributed by atoms with E-state index in [1.165, 1.54) is 7.11 Å². The topological polar surface area (TPSA) is 73.9 Å². The summed E-state index contributed by atoms with van der Waals surface area (Å²) in [5.74, 6) is 0.214. The van der Waals surface area contributed by atoms with Crippen LogP contribution in [0.1, 0.15) is 18.1 Å². The van der Waals surface area contributed by atoms with Crippen molar-refractivity contribution in [2.24, 2.45) is 0 Å². The monoisotopic (exact) mass is 379 g/mol. The molecule has 2 aromatic carbocycles. The highest BCUT2D eigenvalue weighted by atomic mass is 16.5. The molecule has 0 saturated carbocycles. The molecule has 6 heteroatoms. The molecule has 144 valence electrons. The first-order valence-electron chi connectivity index (χ1n) is 8.71. The number of esters is 1. The highest BCUT2D eigenvalue weighted by Gasteiger charge is 2.30. The predicted molar refractivity (Wildman–Crippen MR) is 105 cm³/mol. The number of nitrogens with one attached hydrogen (secondary N) is 1. The van der Waals surface area contributed by atoms with Crippen LogP contribution >= 0.6 is 0 Å². The van der Waals surface area contributed by atoms with Crippen LogP contribution in [-0.2, 0) is 20.9 Å². The molecule has 6 nitrogen and oxygen atoms in total. The Bertz CT molecular complexity index is 960. The van der Waals surface area contributed by atoms with Crippen molar-refractivity contribution in [2.75, 3.05) is 14.2 Å². The number of carbonyl (C=O) groups is 2. The first-order chi connectivity index (χ1) is 13.5. The fourth-order valence-corrected chi connectivity index (χ4v) is 2.91. The molecule has 0 unspecified atom stereocenters. The van der Waals surface area contributed by atoms with Crippen LogP contribution in [0.15, 0.2) is 65.4 Å². The first kappa shape index (κ1) is 19.2. The number of methoxy groups -OCH3 is 2. The van der Waals surface area contributed by atoms with E-state index in [0.717, 1.165) is 5.56 Å². The highest BCUT2D eigenvalue weighted by Crippen LogP contribution is 2.31. The number of hydrogen-bond acceptors (Lipinski definition) is 5. The fourth-order valence-electron chi connectivity index (χ4n) is 2.91. The maximum atomic E-state index is 12.2. The molecule has 0 spiro atoms. The van der Waals surface area contributed by atoms with Gasteiger partial charge in [0.05, 0.1) is 25.4 Å². The molecule has 1 heterocycles. The molecule has 3 rings (SSSR count). The normalized spacial score (nSPS) is 14.8. The molecule has 1 aliphatic rings. The maximum Gasteiger partial charge on any atom is 0.340 e. The van der Waals surface area contributed by atoms with Crippen molar-refractivity contribution in [2.45, 2.75) is 13.5 Å². The molecular weight excluding hydrogens is 358 g/mol. The summed E-state index contributed by atoms with van der Waals surface area (Å²) in [5.41, 5.74) is 2.70. The lowest BCUT2D eigenvalue weighted by atomic mass is 10.0. The van der Waals surface area contributed by atoms with Crippen LogP contribution in [0.5, 0.6) is 11.5 Å². The number of carbonyl (C=O) groups excluding carboxylic acids is 2. The van der Waals surface area contributed by atoms with Crippen molar-refractivity contribution in [1.29, 1.82) is 0 Å². The molecule has 2 aromatic rings. The molecule has 0 atom stereocenters. The number of amides is 1. The molecule has 0 bridgehead atoms. The van der Waals surface area contributed by atoms with Crippen molar-refractivity contribution in [1.82, 2.24) is 5.32 Å². The second-order valence-corrected chi connectivity index (χ2v) is 6.19. The fraction of sp³-hybridized carbons (Fsp3) is 0.182. The van der Waals surface area contributed by atoms with Crippen LogP contribution in [0.3, 0.4) is 0 Å². The number of rotatable bonds is 6. The maximum absolute atomic E-state index is 12.2. The highest BCUT2D eigenvalue weighted by molar-refractivity contribution is 6.16. The molecule has 0 aliphatic carbocycles. The van der Waals surface area contributed by atoms with E-state index in [4.69, 9.17) is 14.2 Å². The van der Waals surface area contributed by atoms with Crippen LogP contribution < -0.4 is 14.8 Å². The Kier molecular flexibility index (Phi) is 5.79. The lowest BCUT2D eigenvalue weighted by Crippen LogP contribution is -2.15. The smallest absolute Gasteiger partial charge is 0.340 e. The average Bonchev–Trinajstić information content (AvgIpc) is 2.99. The minimum atomic E-state index is -0.558. The van der Waals surface area contributed by atoms with E-state index in [-0.39, 0.29) is 17.1 Å². The largest absolute Gasteiger partial charge is 0.493 e. The van der Waals surface area contributed by atoms with Crippen molar-refractivity contribution in [3.8, 4) is 11.5 Å². The molecule has 0 fully saturated rings. The van der Waals surface area contributed by atoms with Gasteiger partial charge in [-0.1, -0.05) is 36.4 Å². The van der Waals surface area contributed by atoms with Crippen molar-refractivity contribution in [3.05, 3.63) is 76.5 Å². The van der Waals surface area contributed by atoms with E-state index in [0.29, 0.717) is 29.4 Å². The first-order valence-corrected chi connectivity index (χ1v) is 8.71. The van der Waals surface area contributed by atoms with Crippen molar-refractivity contribution in [3.63, 3.8) is 0 Å². The molecule has 28 heavy (non-hydrogen) atoms. The van der Waals surface area contributed by atoms with Gasteiger partial charge in [-0.05, 0) is 36.3 Å². The third-order valence-electron chi connectivity index (χ3n) is 4.32. The quantitative estimate of drug-likeness (QED) is 0.616. The molecular formula is C22H21NO5. The summed E-state index contributed by atoms with van der Waals surface area (Å²) < 4.78 is 16.1. The SMILES string of the molecule is COC(=O)C1=C(C)NC(=O)/C1=C\c1ccc(OCc2ccccc2)c(OC)c1. The van der Waals surface area contributed by atoms with E-state index in [1.807, 2.05) is 30.3 Å². The summed E-state index contributed by atoms with van der Waals surface area (Å²) in [6.45, 7) is 2.07. The zero-order valence-electron chi connectivity index (χ0n) is 15.9. The molecule has 0 saturated heterocycles. The molecule has 0 aromatic heterocycles. The van der Waals surface area contributed by atoms with Gasteiger partial charge in [0.15, 0.2) is 11.5 Å². The summed E-state index contributed by atoms with van der Waals surface area (Å²) in [5, 5.41) is 2.65. The van der Waals surface area contributed by atoms with E-state index >= 15 is 0 Å². The number of hydrogen-bond donors (Lipinski definition) is 1. The summed E-state index contributed by atoms with van der Waals surface area (Å²) in [7, 11) is 2.83. The Labute approximate surface area is 163 Å². The molecule has 1 aliphatic heterocycles. The van der Waals surface area contributed by atoms with Gasteiger partial charge in [0.2, 0.25) is 0 Å². The summed E-state index contributed by atoms with van der Waals surface area (Å²) in [4.78, 5) is 24.2. The zero-order chi connectivity index (χ0) is 20.1. The van der Waals surface area contributed by atoms with Gasteiger partial charge in [0.1, 0.15) is 6.61 Å². The Morgan fingerprint density at radius 3 is 2.50 bits per heavy atom. The molecule has 0 radical (unpaired) electrons. The van der Waals surface area contributed by atoms with E-state index in [9.17, 15) is 9.59 Å². The Morgan fingerprint density at radius 2 is 1.82 bits per heavy atom. The second-order valence-electron chi connectivity index (χ2n) is 6.19. The predicted octanol–water partition coefficient (Wildman–Crippen LogP) is 3.23. The average molecular weight is 379 g/mol. The zero-order valence-corrected chi connectivity index (χ0v) is 15.9. The van der Waals surface area contributed by atoms with Gasteiger partial charge < -0.3 is 19.5 Å². The second kappa shape index (κ2) is 8.43. The van der Waals surface area contributed by atoms with Gasteiger partial charge in [-0.25, -0.2) is 4.79 Å². The summed E-state index contributed by atoms with van der Waals surface area (Å²) >= 11 is 0. The van der Waals surface area contributed by atoms with E-state index in [1.54, 1.807) is 38.3 Å².